The summed E-state index contributed by atoms with van der Waals surface area (Å²) in [6.07, 6.45) is 1.80. The van der Waals surface area contributed by atoms with Gasteiger partial charge in [0.15, 0.2) is 0 Å². The Labute approximate surface area is 125 Å². The molecule has 0 aromatic carbocycles. The molecule has 0 spiro atoms. The molecule has 2 aromatic rings. The van der Waals surface area contributed by atoms with E-state index in [1.54, 1.807) is 6.20 Å². The second-order valence-electron chi connectivity index (χ2n) is 5.10. The van der Waals surface area contributed by atoms with Crippen LogP contribution in [0.15, 0.2) is 30.5 Å². The van der Waals surface area contributed by atoms with Gasteiger partial charge in [-0.15, -0.1) is 0 Å². The third kappa shape index (κ3) is 3.88. The third-order valence-corrected chi connectivity index (χ3v) is 3.18. The van der Waals surface area contributed by atoms with Crippen LogP contribution in [0.3, 0.4) is 0 Å². The summed E-state index contributed by atoms with van der Waals surface area (Å²) in [5, 5.41) is 0. The molecule has 0 amide bonds. The lowest BCUT2D eigenvalue weighted by atomic mass is 10.2. The molecule has 0 saturated carbocycles. The fourth-order valence-electron chi connectivity index (χ4n) is 1.99. The molecule has 0 aliphatic heterocycles. The highest BCUT2D eigenvalue weighted by molar-refractivity contribution is 5.49. The van der Waals surface area contributed by atoms with Crippen LogP contribution in [0.2, 0.25) is 0 Å². The van der Waals surface area contributed by atoms with Crippen LogP contribution in [0.25, 0.3) is 0 Å². The second-order valence-corrected chi connectivity index (χ2v) is 5.10. The first-order chi connectivity index (χ1) is 10.1. The number of rotatable bonds is 6. The van der Waals surface area contributed by atoms with Crippen molar-refractivity contribution in [3.8, 4) is 0 Å². The lowest BCUT2D eigenvalue weighted by Crippen LogP contribution is -2.25. The van der Waals surface area contributed by atoms with Crippen LogP contribution in [-0.2, 0) is 6.54 Å². The van der Waals surface area contributed by atoms with Crippen LogP contribution in [0.4, 0.5) is 11.6 Å². The van der Waals surface area contributed by atoms with Gasteiger partial charge >= 0.3 is 0 Å². The number of hydrogen-bond acceptors (Lipinski definition) is 6. The number of hydrazine groups is 1. The van der Waals surface area contributed by atoms with Crippen LogP contribution < -0.4 is 16.2 Å². The highest BCUT2D eigenvalue weighted by Gasteiger charge is 2.13. The van der Waals surface area contributed by atoms with Gasteiger partial charge in [-0.2, -0.15) is 0 Å². The van der Waals surface area contributed by atoms with Crippen molar-refractivity contribution < 1.29 is 0 Å². The minimum atomic E-state index is 0.241. The fraction of sp³-hybridized carbons (Fsp3) is 0.400. The molecule has 0 unspecified atom stereocenters. The zero-order valence-corrected chi connectivity index (χ0v) is 12.7. The Morgan fingerprint density at radius 2 is 2.10 bits per heavy atom. The monoisotopic (exact) mass is 286 g/mol. The minimum absolute atomic E-state index is 0.241. The fourth-order valence-corrected chi connectivity index (χ4v) is 1.99. The van der Waals surface area contributed by atoms with Gasteiger partial charge in [-0.25, -0.2) is 15.8 Å². The lowest BCUT2D eigenvalue weighted by Gasteiger charge is -2.23. The molecule has 6 nitrogen and oxygen atoms in total. The number of aromatic nitrogens is 3. The first-order valence-corrected chi connectivity index (χ1v) is 7.14. The first kappa shape index (κ1) is 15.2. The van der Waals surface area contributed by atoms with Crippen molar-refractivity contribution >= 4 is 11.6 Å². The molecule has 0 aliphatic carbocycles. The van der Waals surface area contributed by atoms with Crippen molar-refractivity contribution in [2.75, 3.05) is 16.9 Å². The Hall–Kier alpha value is -2.21. The Kier molecular flexibility index (Phi) is 5.05. The van der Waals surface area contributed by atoms with Gasteiger partial charge < -0.3 is 10.3 Å². The Balaban J connectivity index is 2.30. The Morgan fingerprint density at radius 1 is 1.29 bits per heavy atom. The highest BCUT2D eigenvalue weighted by Crippen LogP contribution is 2.20. The van der Waals surface area contributed by atoms with Gasteiger partial charge in [-0.1, -0.05) is 19.9 Å². The van der Waals surface area contributed by atoms with E-state index < -0.39 is 0 Å². The lowest BCUT2D eigenvalue weighted by molar-refractivity contribution is 0.743. The Morgan fingerprint density at radius 3 is 2.67 bits per heavy atom. The van der Waals surface area contributed by atoms with E-state index in [4.69, 9.17) is 5.84 Å². The number of hydrogen-bond donors (Lipinski definition) is 2. The average molecular weight is 286 g/mol. The van der Waals surface area contributed by atoms with E-state index in [1.807, 2.05) is 24.3 Å². The van der Waals surface area contributed by atoms with E-state index in [-0.39, 0.29) is 5.92 Å². The molecule has 21 heavy (non-hydrogen) atoms. The molecule has 2 heterocycles. The largest absolute Gasteiger partial charge is 0.351 e. The normalized spacial score (nSPS) is 10.7. The number of anilines is 2. The van der Waals surface area contributed by atoms with Crippen LogP contribution in [0.5, 0.6) is 0 Å². The molecule has 0 saturated heterocycles. The van der Waals surface area contributed by atoms with E-state index in [1.165, 1.54) is 0 Å². The van der Waals surface area contributed by atoms with Crippen molar-refractivity contribution in [1.82, 2.24) is 15.0 Å². The first-order valence-electron chi connectivity index (χ1n) is 7.14. The predicted molar refractivity (Wildman–Crippen MR) is 84.9 cm³/mol. The van der Waals surface area contributed by atoms with E-state index in [2.05, 4.69) is 46.0 Å². The topological polar surface area (TPSA) is 80.0 Å². The quantitative estimate of drug-likeness (QED) is 0.626. The van der Waals surface area contributed by atoms with Gasteiger partial charge in [0.2, 0.25) is 0 Å². The summed E-state index contributed by atoms with van der Waals surface area (Å²) >= 11 is 0. The molecule has 3 N–H and O–H groups in total. The standard InChI is InChI=1S/C15H22N6/c1-4-21(10-12-7-5-6-8-17-12)14-9-13(20-16)18-15(19-14)11(2)3/h5-9,11H,4,10,16H2,1-3H3,(H,18,19,20). The molecule has 0 aliphatic rings. The molecular formula is C15H22N6. The number of nitrogens with two attached hydrogens (primary N) is 1. The minimum Gasteiger partial charge on any atom is -0.351 e. The van der Waals surface area contributed by atoms with Crippen molar-refractivity contribution in [2.45, 2.75) is 33.2 Å². The van der Waals surface area contributed by atoms with Gasteiger partial charge in [0, 0.05) is 24.7 Å². The van der Waals surface area contributed by atoms with Crippen molar-refractivity contribution in [2.24, 2.45) is 5.84 Å². The van der Waals surface area contributed by atoms with Crippen LogP contribution >= 0.6 is 0 Å². The van der Waals surface area contributed by atoms with E-state index >= 15 is 0 Å². The summed E-state index contributed by atoms with van der Waals surface area (Å²) in [6, 6.07) is 7.77. The predicted octanol–water partition coefficient (Wildman–Crippen LogP) is 2.31. The van der Waals surface area contributed by atoms with Crippen molar-refractivity contribution in [3.63, 3.8) is 0 Å². The van der Waals surface area contributed by atoms with Gasteiger partial charge in [0.25, 0.3) is 0 Å². The van der Waals surface area contributed by atoms with Crippen LogP contribution in [0.1, 0.15) is 38.2 Å². The van der Waals surface area contributed by atoms with E-state index in [0.717, 1.165) is 23.9 Å². The summed E-state index contributed by atoms with van der Waals surface area (Å²) in [6.45, 7) is 7.75. The number of pyridine rings is 1. The number of nitrogens with zero attached hydrogens (tertiary/aromatic N) is 4. The van der Waals surface area contributed by atoms with Gasteiger partial charge in [0.05, 0.1) is 12.2 Å². The van der Waals surface area contributed by atoms with Crippen LogP contribution in [0, 0.1) is 0 Å². The van der Waals surface area contributed by atoms with Gasteiger partial charge in [-0.3, -0.25) is 4.98 Å². The summed E-state index contributed by atoms with van der Waals surface area (Å²) in [7, 11) is 0. The number of nitrogen functional groups attached to an aromatic ring is 1. The zero-order chi connectivity index (χ0) is 15.2. The number of nitrogens with one attached hydrogen (secondary N) is 1. The molecule has 0 atom stereocenters. The van der Waals surface area contributed by atoms with E-state index in [9.17, 15) is 0 Å². The van der Waals surface area contributed by atoms with Gasteiger partial charge in [-0.05, 0) is 19.1 Å². The molecular weight excluding hydrogens is 264 g/mol. The summed E-state index contributed by atoms with van der Waals surface area (Å²) in [4.78, 5) is 15.5. The van der Waals surface area contributed by atoms with Crippen molar-refractivity contribution in [1.29, 1.82) is 0 Å². The molecule has 6 heteroatoms. The molecule has 0 radical (unpaired) electrons. The van der Waals surface area contributed by atoms with Gasteiger partial charge in [0.1, 0.15) is 17.5 Å². The Bertz CT molecular complexity index is 570. The summed E-state index contributed by atoms with van der Waals surface area (Å²) in [5.74, 6) is 8.01. The zero-order valence-electron chi connectivity index (χ0n) is 12.7. The average Bonchev–Trinajstić information content (AvgIpc) is 2.53. The SMILES string of the molecule is CCN(Cc1ccccn1)c1cc(NN)nc(C(C)C)n1. The summed E-state index contributed by atoms with van der Waals surface area (Å²) < 4.78 is 0. The maximum absolute atomic E-state index is 5.51. The maximum Gasteiger partial charge on any atom is 0.145 e. The van der Waals surface area contributed by atoms with Crippen LogP contribution in [-0.4, -0.2) is 21.5 Å². The maximum atomic E-state index is 5.51. The highest BCUT2D eigenvalue weighted by atomic mass is 15.3. The molecule has 112 valence electrons. The smallest absolute Gasteiger partial charge is 0.145 e. The molecule has 0 fully saturated rings. The molecule has 0 bridgehead atoms. The molecule has 2 aromatic heterocycles. The second kappa shape index (κ2) is 6.99. The summed E-state index contributed by atoms with van der Waals surface area (Å²) in [5.41, 5.74) is 3.62. The van der Waals surface area contributed by atoms with E-state index in [0.29, 0.717) is 12.4 Å². The third-order valence-electron chi connectivity index (χ3n) is 3.18. The van der Waals surface area contributed by atoms with Crippen molar-refractivity contribution in [3.05, 3.63) is 42.0 Å². The molecule has 2 rings (SSSR count).